The van der Waals surface area contributed by atoms with Crippen molar-refractivity contribution in [3.05, 3.63) is 75.2 Å². The fraction of sp³-hybridized carbons (Fsp3) is 0.190. The highest BCUT2D eigenvalue weighted by atomic mass is 35.5. The molecule has 3 rings (SSSR count). The topological polar surface area (TPSA) is 89.6 Å². The van der Waals surface area contributed by atoms with Crippen LogP contribution in [0.5, 0.6) is 11.5 Å². The molecule has 0 spiro atoms. The van der Waals surface area contributed by atoms with Crippen LogP contribution in [0.4, 0.5) is 13.2 Å². The predicted octanol–water partition coefficient (Wildman–Crippen LogP) is 4.32. The maximum absolute atomic E-state index is 12.2. The third-order valence-electron chi connectivity index (χ3n) is 3.99. The minimum Gasteiger partial charge on any atom is -0.484 e. The highest BCUT2D eigenvalue weighted by Gasteiger charge is 2.31. The van der Waals surface area contributed by atoms with Crippen molar-refractivity contribution in [3.63, 3.8) is 0 Å². The number of halogens is 4. The number of hydrogen-bond donors (Lipinski definition) is 2. The number of nitrogens with one attached hydrogen (secondary N) is 2. The summed E-state index contributed by atoms with van der Waals surface area (Å²) in [5, 5.41) is 8.01. The van der Waals surface area contributed by atoms with Gasteiger partial charge in [-0.3, -0.25) is 9.59 Å². The number of amides is 2. The molecule has 0 aliphatic heterocycles. The first-order chi connectivity index (χ1) is 15.7. The summed E-state index contributed by atoms with van der Waals surface area (Å²) in [6.45, 7) is 0.0360. The van der Waals surface area contributed by atoms with Crippen LogP contribution in [0.1, 0.15) is 21.1 Å². The molecule has 0 aliphatic carbocycles. The molecule has 33 heavy (non-hydrogen) atoms. The van der Waals surface area contributed by atoms with Gasteiger partial charge in [0.05, 0.1) is 6.54 Å². The first kappa shape index (κ1) is 24.3. The van der Waals surface area contributed by atoms with Crippen LogP contribution >= 0.6 is 22.9 Å². The maximum Gasteiger partial charge on any atom is 0.573 e. The fourth-order valence-electron chi connectivity index (χ4n) is 2.53. The molecule has 0 aliphatic rings. The Kier molecular flexibility index (Phi) is 8.12. The van der Waals surface area contributed by atoms with Gasteiger partial charge in [-0.1, -0.05) is 23.7 Å². The molecule has 0 unspecified atom stereocenters. The molecule has 2 amide bonds. The second-order valence-corrected chi connectivity index (χ2v) is 7.90. The monoisotopic (exact) mass is 499 g/mol. The summed E-state index contributed by atoms with van der Waals surface area (Å²) in [6.07, 6.45) is -4.78. The standard InChI is InChI=1S/C21H17ClF3N3O4S/c22-14-3-1-2-13(8-14)9-27-20(30)17-12-33-19(28-17)10-26-18(29)11-31-15-4-6-16(7-5-15)32-21(23,24)25/h1-8,12H,9-11H2,(H,26,29)(H,27,30). The first-order valence-corrected chi connectivity index (χ1v) is 10.7. The number of ether oxygens (including phenoxy) is 2. The van der Waals surface area contributed by atoms with Crippen LogP contribution in [0.2, 0.25) is 5.02 Å². The van der Waals surface area contributed by atoms with Gasteiger partial charge in [-0.15, -0.1) is 24.5 Å². The third-order valence-corrected chi connectivity index (χ3v) is 5.07. The molecule has 7 nitrogen and oxygen atoms in total. The Bertz CT molecular complexity index is 1110. The van der Waals surface area contributed by atoms with Crippen LogP contribution < -0.4 is 20.1 Å². The predicted molar refractivity (Wildman–Crippen MR) is 115 cm³/mol. The first-order valence-electron chi connectivity index (χ1n) is 9.40. The Labute approximate surface area is 195 Å². The molecule has 2 N–H and O–H groups in total. The second kappa shape index (κ2) is 11.0. The van der Waals surface area contributed by atoms with E-state index in [4.69, 9.17) is 16.3 Å². The lowest BCUT2D eigenvalue weighted by Gasteiger charge is -2.10. The quantitative estimate of drug-likeness (QED) is 0.458. The van der Waals surface area contributed by atoms with Crippen molar-refractivity contribution in [2.75, 3.05) is 6.61 Å². The van der Waals surface area contributed by atoms with Crippen LogP contribution in [0.3, 0.4) is 0 Å². The van der Waals surface area contributed by atoms with E-state index in [0.29, 0.717) is 16.6 Å². The van der Waals surface area contributed by atoms with E-state index in [1.165, 1.54) is 23.5 Å². The zero-order valence-corrected chi connectivity index (χ0v) is 18.4. The molecule has 12 heteroatoms. The van der Waals surface area contributed by atoms with E-state index in [9.17, 15) is 22.8 Å². The number of rotatable bonds is 9. The average molecular weight is 500 g/mol. The average Bonchev–Trinajstić information content (AvgIpc) is 3.24. The van der Waals surface area contributed by atoms with E-state index in [1.807, 2.05) is 6.07 Å². The van der Waals surface area contributed by atoms with E-state index in [-0.39, 0.29) is 30.5 Å². The lowest BCUT2D eigenvalue weighted by Crippen LogP contribution is -2.28. The number of nitrogens with zero attached hydrogens (tertiary/aromatic N) is 1. The maximum atomic E-state index is 12.2. The minimum atomic E-state index is -4.78. The highest BCUT2D eigenvalue weighted by Crippen LogP contribution is 2.24. The molecule has 1 aromatic heterocycles. The van der Waals surface area contributed by atoms with E-state index in [2.05, 4.69) is 20.4 Å². The van der Waals surface area contributed by atoms with Crippen molar-refractivity contribution in [2.45, 2.75) is 19.5 Å². The Hall–Kier alpha value is -3.31. The van der Waals surface area contributed by atoms with Gasteiger partial charge in [0, 0.05) is 16.9 Å². The van der Waals surface area contributed by atoms with Crippen molar-refractivity contribution < 1.29 is 32.2 Å². The largest absolute Gasteiger partial charge is 0.573 e. The smallest absolute Gasteiger partial charge is 0.484 e. The van der Waals surface area contributed by atoms with E-state index in [1.54, 1.807) is 23.6 Å². The zero-order valence-electron chi connectivity index (χ0n) is 16.8. The Morgan fingerprint density at radius 2 is 1.76 bits per heavy atom. The molecule has 174 valence electrons. The van der Waals surface area contributed by atoms with Gasteiger partial charge in [-0.2, -0.15) is 0 Å². The summed E-state index contributed by atoms with van der Waals surface area (Å²) in [6, 6.07) is 11.8. The molecule has 0 saturated carbocycles. The molecule has 0 saturated heterocycles. The zero-order chi connectivity index (χ0) is 23.8. The SMILES string of the molecule is O=C(COc1ccc(OC(F)(F)F)cc1)NCc1nc(C(=O)NCc2cccc(Cl)c2)cs1. The van der Waals surface area contributed by atoms with Crippen molar-refractivity contribution in [3.8, 4) is 11.5 Å². The van der Waals surface area contributed by atoms with Crippen LogP contribution in [0, 0.1) is 0 Å². The number of thiazole rings is 1. The number of carbonyl (C=O) groups is 2. The second-order valence-electron chi connectivity index (χ2n) is 6.52. The molecular weight excluding hydrogens is 483 g/mol. The number of alkyl halides is 3. The molecule has 1 heterocycles. The number of carbonyl (C=O) groups excluding carboxylic acids is 2. The lowest BCUT2D eigenvalue weighted by atomic mass is 10.2. The van der Waals surface area contributed by atoms with Gasteiger partial charge >= 0.3 is 6.36 Å². The molecule has 3 aromatic rings. The van der Waals surface area contributed by atoms with E-state index < -0.39 is 18.0 Å². The lowest BCUT2D eigenvalue weighted by molar-refractivity contribution is -0.274. The van der Waals surface area contributed by atoms with Crippen LogP contribution in [0.25, 0.3) is 0 Å². The van der Waals surface area contributed by atoms with Crippen molar-refractivity contribution >= 4 is 34.8 Å². The Morgan fingerprint density at radius 3 is 2.45 bits per heavy atom. The van der Waals surface area contributed by atoms with Gasteiger partial charge in [-0.05, 0) is 42.0 Å². The summed E-state index contributed by atoms with van der Waals surface area (Å²) in [4.78, 5) is 28.4. The highest BCUT2D eigenvalue weighted by molar-refractivity contribution is 7.09. The summed E-state index contributed by atoms with van der Waals surface area (Å²) < 4.78 is 45.4. The number of benzene rings is 2. The Morgan fingerprint density at radius 1 is 1.03 bits per heavy atom. The molecule has 0 fully saturated rings. The van der Waals surface area contributed by atoms with Crippen LogP contribution in [-0.2, 0) is 17.9 Å². The van der Waals surface area contributed by atoms with Gasteiger partial charge in [-0.25, -0.2) is 4.98 Å². The third kappa shape index (κ3) is 8.28. The summed E-state index contributed by atoms with van der Waals surface area (Å²) in [5.74, 6) is -1.01. The van der Waals surface area contributed by atoms with E-state index in [0.717, 1.165) is 17.7 Å². The summed E-state index contributed by atoms with van der Waals surface area (Å²) in [7, 11) is 0. The van der Waals surface area contributed by atoms with Crippen LogP contribution in [-0.4, -0.2) is 29.8 Å². The molecule has 0 atom stereocenters. The van der Waals surface area contributed by atoms with Crippen LogP contribution in [0.15, 0.2) is 53.9 Å². The van der Waals surface area contributed by atoms with Gasteiger partial charge < -0.3 is 20.1 Å². The van der Waals surface area contributed by atoms with Gasteiger partial charge in [0.15, 0.2) is 6.61 Å². The summed E-state index contributed by atoms with van der Waals surface area (Å²) >= 11 is 7.13. The Balaban J connectivity index is 1.40. The number of hydrogen-bond acceptors (Lipinski definition) is 6. The molecule has 0 bridgehead atoms. The minimum absolute atomic E-state index is 0.0901. The number of aromatic nitrogens is 1. The van der Waals surface area contributed by atoms with Crippen molar-refractivity contribution in [1.29, 1.82) is 0 Å². The molecule has 2 aromatic carbocycles. The normalized spacial score (nSPS) is 11.0. The van der Waals surface area contributed by atoms with Crippen molar-refractivity contribution in [2.24, 2.45) is 0 Å². The molecule has 0 radical (unpaired) electrons. The van der Waals surface area contributed by atoms with Gasteiger partial charge in [0.2, 0.25) is 0 Å². The van der Waals surface area contributed by atoms with E-state index >= 15 is 0 Å². The van der Waals surface area contributed by atoms with Gasteiger partial charge in [0.1, 0.15) is 22.2 Å². The van der Waals surface area contributed by atoms with Gasteiger partial charge in [0.25, 0.3) is 11.8 Å². The molecular formula is C21H17ClF3N3O4S. The summed E-state index contributed by atoms with van der Waals surface area (Å²) in [5.41, 5.74) is 1.07. The fourth-order valence-corrected chi connectivity index (χ4v) is 3.45. The van der Waals surface area contributed by atoms with Crippen molar-refractivity contribution in [1.82, 2.24) is 15.6 Å².